The number of nitrogens with two attached hydrogens (primary N) is 1. The van der Waals surface area contributed by atoms with E-state index in [0.717, 1.165) is 30.8 Å². The van der Waals surface area contributed by atoms with Crippen molar-refractivity contribution in [2.45, 2.75) is 26.2 Å². The van der Waals surface area contributed by atoms with Crippen LogP contribution in [0.5, 0.6) is 0 Å². The van der Waals surface area contributed by atoms with Gasteiger partial charge in [-0.3, -0.25) is 4.79 Å². The van der Waals surface area contributed by atoms with Crippen LogP contribution in [-0.2, 0) is 4.79 Å². The Bertz CT molecular complexity index is 524. The quantitative estimate of drug-likeness (QED) is 0.276. The summed E-state index contributed by atoms with van der Waals surface area (Å²) < 4.78 is 0. The Balaban J connectivity index is 1.92. The largest absolute Gasteiger partial charge is 0.409 e. The molecule has 2 rings (SSSR count). The van der Waals surface area contributed by atoms with E-state index in [1.807, 2.05) is 24.3 Å². The van der Waals surface area contributed by atoms with Crippen LogP contribution < -0.4 is 16.4 Å². The maximum Gasteiger partial charge on any atom is 0.221 e. The third-order valence-corrected chi connectivity index (χ3v) is 3.49. The summed E-state index contributed by atoms with van der Waals surface area (Å²) in [5, 5.41) is 17.8. The Kier molecular flexibility index (Phi) is 4.12. The van der Waals surface area contributed by atoms with Crippen LogP contribution in [-0.4, -0.2) is 23.5 Å². The molecule has 1 aliphatic carbocycles. The topological polar surface area (TPSA) is 99.7 Å². The highest BCUT2D eigenvalue weighted by atomic mass is 16.4. The fourth-order valence-corrected chi connectivity index (χ4v) is 2.21. The number of hydrogen-bond acceptors (Lipinski definition) is 4. The first-order chi connectivity index (χ1) is 9.53. The van der Waals surface area contributed by atoms with Crippen molar-refractivity contribution >= 4 is 23.1 Å². The number of anilines is 2. The molecule has 0 heterocycles. The second-order valence-electron chi connectivity index (χ2n) is 5.38. The van der Waals surface area contributed by atoms with Crippen LogP contribution in [0.4, 0.5) is 11.4 Å². The van der Waals surface area contributed by atoms with E-state index in [9.17, 15) is 4.79 Å². The summed E-state index contributed by atoms with van der Waals surface area (Å²) in [4.78, 5) is 11.0. The van der Waals surface area contributed by atoms with Gasteiger partial charge in [0.05, 0.1) is 0 Å². The van der Waals surface area contributed by atoms with Crippen LogP contribution in [0.15, 0.2) is 29.4 Å². The lowest BCUT2D eigenvalue weighted by molar-refractivity contribution is -0.114. The smallest absolute Gasteiger partial charge is 0.221 e. The molecule has 1 saturated carbocycles. The van der Waals surface area contributed by atoms with Crippen LogP contribution in [0.1, 0.15) is 26.2 Å². The van der Waals surface area contributed by atoms with Gasteiger partial charge in [-0.05, 0) is 36.5 Å². The molecule has 1 aliphatic rings. The number of amides is 1. The molecule has 1 aromatic carbocycles. The molecule has 0 spiro atoms. The summed E-state index contributed by atoms with van der Waals surface area (Å²) in [5.41, 5.74) is 7.38. The third-order valence-electron chi connectivity index (χ3n) is 3.49. The number of nitrogens with one attached hydrogen (secondary N) is 2. The molecule has 6 heteroatoms. The standard InChI is InChI=1S/C14H20N4O2/c1-10(19)17-12-4-2-3-11(7-12)16-9-14(5-6-14)8-13(15)18-20/h2-4,7,16,20H,5-6,8-9H2,1H3,(H2,15,18)(H,17,19). The van der Waals surface area contributed by atoms with E-state index in [1.165, 1.54) is 6.92 Å². The molecule has 1 amide bonds. The molecule has 20 heavy (non-hydrogen) atoms. The second kappa shape index (κ2) is 5.81. The normalized spacial score (nSPS) is 16.6. The highest BCUT2D eigenvalue weighted by Crippen LogP contribution is 2.48. The van der Waals surface area contributed by atoms with Crippen LogP contribution in [0.2, 0.25) is 0 Å². The number of carbonyl (C=O) groups is 1. The van der Waals surface area contributed by atoms with Crippen molar-refractivity contribution in [1.29, 1.82) is 0 Å². The van der Waals surface area contributed by atoms with Crippen molar-refractivity contribution in [2.75, 3.05) is 17.2 Å². The summed E-state index contributed by atoms with van der Waals surface area (Å²) in [5.74, 6) is 0.184. The molecular weight excluding hydrogens is 256 g/mol. The van der Waals surface area contributed by atoms with Gasteiger partial charge in [0, 0.05) is 31.3 Å². The van der Waals surface area contributed by atoms with Crippen LogP contribution >= 0.6 is 0 Å². The Hall–Kier alpha value is -2.24. The lowest BCUT2D eigenvalue weighted by atomic mass is 10.0. The Morgan fingerprint density at radius 3 is 2.75 bits per heavy atom. The number of rotatable bonds is 6. The van der Waals surface area contributed by atoms with Crippen molar-refractivity contribution in [1.82, 2.24) is 0 Å². The van der Waals surface area contributed by atoms with Crippen molar-refractivity contribution in [3.05, 3.63) is 24.3 Å². The summed E-state index contributed by atoms with van der Waals surface area (Å²) in [7, 11) is 0. The molecule has 0 saturated heterocycles. The first kappa shape index (κ1) is 14.2. The van der Waals surface area contributed by atoms with E-state index < -0.39 is 0 Å². The summed E-state index contributed by atoms with van der Waals surface area (Å²) in [6.45, 7) is 2.25. The molecule has 1 aromatic rings. The first-order valence-electron chi connectivity index (χ1n) is 6.61. The molecule has 108 valence electrons. The van der Waals surface area contributed by atoms with Crippen molar-refractivity contribution < 1.29 is 10.0 Å². The molecule has 0 radical (unpaired) electrons. The minimum Gasteiger partial charge on any atom is -0.409 e. The zero-order valence-electron chi connectivity index (χ0n) is 11.5. The Morgan fingerprint density at radius 2 is 2.15 bits per heavy atom. The Morgan fingerprint density at radius 1 is 1.45 bits per heavy atom. The molecule has 0 unspecified atom stereocenters. The van der Waals surface area contributed by atoms with E-state index >= 15 is 0 Å². The van der Waals surface area contributed by atoms with E-state index in [0.29, 0.717) is 6.42 Å². The second-order valence-corrected chi connectivity index (χ2v) is 5.38. The first-order valence-corrected chi connectivity index (χ1v) is 6.61. The minimum absolute atomic E-state index is 0.0901. The van der Waals surface area contributed by atoms with E-state index in [4.69, 9.17) is 10.9 Å². The zero-order valence-corrected chi connectivity index (χ0v) is 11.5. The van der Waals surface area contributed by atoms with Gasteiger partial charge in [-0.1, -0.05) is 11.2 Å². The molecule has 0 aromatic heterocycles. The van der Waals surface area contributed by atoms with Gasteiger partial charge in [0.2, 0.25) is 5.91 Å². The summed E-state index contributed by atoms with van der Waals surface area (Å²) >= 11 is 0. The van der Waals surface area contributed by atoms with E-state index in [2.05, 4.69) is 15.8 Å². The fraction of sp³-hybridized carbons (Fsp3) is 0.429. The van der Waals surface area contributed by atoms with Crippen LogP contribution in [0, 0.1) is 5.41 Å². The molecule has 5 N–H and O–H groups in total. The monoisotopic (exact) mass is 276 g/mol. The third kappa shape index (κ3) is 3.88. The van der Waals surface area contributed by atoms with Gasteiger partial charge in [-0.25, -0.2) is 0 Å². The van der Waals surface area contributed by atoms with Gasteiger partial charge in [-0.15, -0.1) is 0 Å². The molecule has 0 bridgehead atoms. The number of benzene rings is 1. The van der Waals surface area contributed by atoms with Gasteiger partial charge in [-0.2, -0.15) is 0 Å². The predicted molar refractivity (Wildman–Crippen MR) is 78.9 cm³/mol. The minimum atomic E-state index is -0.0901. The van der Waals surface area contributed by atoms with Crippen molar-refractivity contribution in [3.8, 4) is 0 Å². The number of hydrogen-bond donors (Lipinski definition) is 4. The molecular formula is C14H20N4O2. The summed E-state index contributed by atoms with van der Waals surface area (Å²) in [6, 6.07) is 7.57. The SMILES string of the molecule is CC(=O)Nc1cccc(NCC2(CC(N)=NO)CC2)c1. The number of nitrogens with zero attached hydrogens (tertiary/aromatic N) is 1. The van der Waals surface area contributed by atoms with Crippen LogP contribution in [0.3, 0.4) is 0 Å². The molecule has 6 nitrogen and oxygen atoms in total. The lowest BCUT2D eigenvalue weighted by Gasteiger charge is -2.16. The zero-order chi connectivity index (χ0) is 14.6. The number of oxime groups is 1. The van der Waals surface area contributed by atoms with Gasteiger partial charge >= 0.3 is 0 Å². The summed E-state index contributed by atoms with van der Waals surface area (Å²) in [6.07, 6.45) is 2.74. The predicted octanol–water partition coefficient (Wildman–Crippen LogP) is 1.97. The van der Waals surface area contributed by atoms with Gasteiger partial charge in [0.25, 0.3) is 0 Å². The van der Waals surface area contributed by atoms with Crippen LogP contribution in [0.25, 0.3) is 0 Å². The molecule has 1 fully saturated rings. The number of amidine groups is 1. The van der Waals surface area contributed by atoms with E-state index in [-0.39, 0.29) is 17.2 Å². The lowest BCUT2D eigenvalue weighted by Crippen LogP contribution is -2.23. The fourth-order valence-electron chi connectivity index (χ4n) is 2.21. The van der Waals surface area contributed by atoms with Gasteiger partial charge in [0.15, 0.2) is 0 Å². The van der Waals surface area contributed by atoms with Gasteiger partial charge < -0.3 is 21.6 Å². The highest BCUT2D eigenvalue weighted by Gasteiger charge is 2.43. The Labute approximate surface area is 118 Å². The average Bonchev–Trinajstić information content (AvgIpc) is 3.16. The van der Waals surface area contributed by atoms with E-state index in [1.54, 1.807) is 0 Å². The maximum atomic E-state index is 11.0. The van der Waals surface area contributed by atoms with Crippen molar-refractivity contribution in [2.24, 2.45) is 16.3 Å². The number of carbonyl (C=O) groups excluding carboxylic acids is 1. The highest BCUT2D eigenvalue weighted by molar-refractivity contribution is 5.89. The maximum absolute atomic E-state index is 11.0. The van der Waals surface area contributed by atoms with Crippen molar-refractivity contribution in [3.63, 3.8) is 0 Å². The van der Waals surface area contributed by atoms with Gasteiger partial charge in [0.1, 0.15) is 5.84 Å². The molecule has 0 aliphatic heterocycles. The average molecular weight is 276 g/mol. The molecule has 0 atom stereocenters.